The third kappa shape index (κ3) is 3.85. The van der Waals surface area contributed by atoms with Gasteiger partial charge in [0.25, 0.3) is 5.91 Å². The number of nitrogens with one attached hydrogen (secondary N) is 1. The van der Waals surface area contributed by atoms with Crippen molar-refractivity contribution in [3.8, 4) is 5.75 Å². The van der Waals surface area contributed by atoms with Gasteiger partial charge in [-0.05, 0) is 60.0 Å². The number of anilines is 1. The van der Waals surface area contributed by atoms with Crippen molar-refractivity contribution >= 4 is 27.5 Å². The van der Waals surface area contributed by atoms with Crippen LogP contribution in [0.2, 0.25) is 0 Å². The van der Waals surface area contributed by atoms with Crippen molar-refractivity contribution in [1.29, 1.82) is 0 Å². The maximum Gasteiger partial charge on any atom is 0.265 e. The molecule has 0 radical (unpaired) electrons. The molecule has 1 atom stereocenters. The van der Waals surface area contributed by atoms with Crippen LogP contribution in [0.25, 0.3) is 0 Å². The van der Waals surface area contributed by atoms with Crippen molar-refractivity contribution in [3.05, 3.63) is 58.1 Å². The van der Waals surface area contributed by atoms with Crippen molar-refractivity contribution in [1.82, 2.24) is 0 Å². The molecule has 0 heterocycles. The lowest BCUT2D eigenvalue weighted by molar-refractivity contribution is -0.122. The number of halogens is 1. The van der Waals surface area contributed by atoms with Crippen molar-refractivity contribution in [2.24, 2.45) is 0 Å². The zero-order valence-electron chi connectivity index (χ0n) is 12.3. The molecule has 1 unspecified atom stereocenters. The van der Waals surface area contributed by atoms with Crippen LogP contribution in [0.4, 0.5) is 5.69 Å². The van der Waals surface area contributed by atoms with Gasteiger partial charge in [-0.1, -0.05) is 30.3 Å². The van der Waals surface area contributed by atoms with Gasteiger partial charge in [0.15, 0.2) is 6.10 Å². The van der Waals surface area contributed by atoms with Crippen LogP contribution in [-0.2, 0) is 4.79 Å². The van der Waals surface area contributed by atoms with Crippen LogP contribution in [0, 0.1) is 13.8 Å². The Morgan fingerprint density at radius 2 is 1.71 bits per heavy atom. The van der Waals surface area contributed by atoms with E-state index in [-0.39, 0.29) is 5.91 Å². The molecule has 0 bridgehead atoms. The zero-order valence-corrected chi connectivity index (χ0v) is 13.9. The van der Waals surface area contributed by atoms with E-state index in [4.69, 9.17) is 4.74 Å². The summed E-state index contributed by atoms with van der Waals surface area (Å²) in [6.07, 6.45) is -0.581. The minimum Gasteiger partial charge on any atom is -0.480 e. The summed E-state index contributed by atoms with van der Waals surface area (Å²) in [6.45, 7) is 5.69. The number of hydrogen-bond donors (Lipinski definition) is 1. The number of rotatable bonds is 4. The highest BCUT2D eigenvalue weighted by molar-refractivity contribution is 9.10. The van der Waals surface area contributed by atoms with E-state index in [0.29, 0.717) is 5.75 Å². The Labute approximate surface area is 133 Å². The number of benzene rings is 2. The van der Waals surface area contributed by atoms with Crippen LogP contribution in [0.15, 0.2) is 46.9 Å². The van der Waals surface area contributed by atoms with Gasteiger partial charge in [-0.2, -0.15) is 0 Å². The second kappa shape index (κ2) is 6.76. The summed E-state index contributed by atoms with van der Waals surface area (Å²) in [5.41, 5.74) is 2.93. The first-order chi connectivity index (χ1) is 9.99. The number of carbonyl (C=O) groups excluding carboxylic acids is 1. The van der Waals surface area contributed by atoms with Crippen LogP contribution in [-0.4, -0.2) is 12.0 Å². The van der Waals surface area contributed by atoms with Gasteiger partial charge in [0.2, 0.25) is 0 Å². The topological polar surface area (TPSA) is 38.3 Å². The molecule has 0 spiro atoms. The van der Waals surface area contributed by atoms with E-state index in [1.807, 2.05) is 56.3 Å². The van der Waals surface area contributed by atoms with Crippen LogP contribution in [0.5, 0.6) is 5.75 Å². The van der Waals surface area contributed by atoms with E-state index < -0.39 is 6.10 Å². The molecule has 0 aliphatic heterocycles. The first-order valence-corrected chi connectivity index (χ1v) is 7.56. The molecule has 0 aromatic heterocycles. The molecule has 0 saturated carbocycles. The molecule has 0 fully saturated rings. The molecular formula is C17H18BrNO2. The van der Waals surface area contributed by atoms with Gasteiger partial charge in [0, 0.05) is 5.69 Å². The van der Waals surface area contributed by atoms with Crippen LogP contribution in [0.3, 0.4) is 0 Å². The standard InChI is InChI=1S/C17H18BrNO2/c1-11-7-6-8-12(2)16(11)19-17(20)13(3)21-15-10-5-4-9-14(15)18/h4-10,13H,1-3H3,(H,19,20). The third-order valence-corrected chi connectivity index (χ3v) is 3.89. The molecule has 2 aromatic rings. The van der Waals surface area contributed by atoms with Gasteiger partial charge in [-0.15, -0.1) is 0 Å². The molecular weight excluding hydrogens is 330 g/mol. The predicted molar refractivity (Wildman–Crippen MR) is 88.8 cm³/mol. The maximum absolute atomic E-state index is 12.3. The lowest BCUT2D eigenvalue weighted by atomic mass is 10.1. The summed E-state index contributed by atoms with van der Waals surface area (Å²) in [7, 11) is 0. The highest BCUT2D eigenvalue weighted by atomic mass is 79.9. The van der Waals surface area contributed by atoms with E-state index in [0.717, 1.165) is 21.3 Å². The highest BCUT2D eigenvalue weighted by Crippen LogP contribution is 2.25. The van der Waals surface area contributed by atoms with E-state index >= 15 is 0 Å². The quantitative estimate of drug-likeness (QED) is 0.885. The zero-order chi connectivity index (χ0) is 15.4. The van der Waals surface area contributed by atoms with Crippen LogP contribution >= 0.6 is 15.9 Å². The lowest BCUT2D eigenvalue weighted by Crippen LogP contribution is -2.30. The van der Waals surface area contributed by atoms with Crippen molar-refractivity contribution in [2.75, 3.05) is 5.32 Å². The predicted octanol–water partition coefficient (Wildman–Crippen LogP) is 4.47. The van der Waals surface area contributed by atoms with Gasteiger partial charge >= 0.3 is 0 Å². The fourth-order valence-electron chi connectivity index (χ4n) is 2.02. The van der Waals surface area contributed by atoms with Crippen molar-refractivity contribution < 1.29 is 9.53 Å². The van der Waals surface area contributed by atoms with E-state index in [1.165, 1.54) is 0 Å². The highest BCUT2D eigenvalue weighted by Gasteiger charge is 2.17. The van der Waals surface area contributed by atoms with E-state index in [1.54, 1.807) is 6.92 Å². The molecule has 4 heteroatoms. The summed E-state index contributed by atoms with van der Waals surface area (Å²) in [5.74, 6) is 0.491. The Kier molecular flexibility index (Phi) is 5.02. The number of ether oxygens (including phenoxy) is 1. The normalized spacial score (nSPS) is 11.8. The summed E-state index contributed by atoms with van der Waals surface area (Å²) in [6, 6.07) is 13.4. The molecule has 21 heavy (non-hydrogen) atoms. The summed E-state index contributed by atoms with van der Waals surface area (Å²) < 4.78 is 6.53. The fourth-order valence-corrected chi connectivity index (χ4v) is 2.40. The average Bonchev–Trinajstić information content (AvgIpc) is 2.45. The van der Waals surface area contributed by atoms with Crippen LogP contribution in [0.1, 0.15) is 18.1 Å². The Morgan fingerprint density at radius 1 is 1.10 bits per heavy atom. The van der Waals surface area contributed by atoms with Crippen molar-refractivity contribution in [2.45, 2.75) is 26.9 Å². The molecule has 2 rings (SSSR count). The summed E-state index contributed by atoms with van der Waals surface area (Å²) in [5, 5.41) is 2.94. The first kappa shape index (κ1) is 15.6. The molecule has 3 nitrogen and oxygen atoms in total. The SMILES string of the molecule is Cc1cccc(C)c1NC(=O)C(C)Oc1ccccc1Br. The fraction of sp³-hybridized carbons (Fsp3) is 0.235. The second-order valence-corrected chi connectivity index (χ2v) is 5.80. The van der Waals surface area contributed by atoms with Gasteiger partial charge in [0.05, 0.1) is 4.47 Å². The minimum absolute atomic E-state index is 0.164. The lowest BCUT2D eigenvalue weighted by Gasteiger charge is -2.17. The van der Waals surface area contributed by atoms with Crippen molar-refractivity contribution in [3.63, 3.8) is 0 Å². The molecule has 2 aromatic carbocycles. The number of para-hydroxylation sites is 2. The molecule has 1 N–H and O–H groups in total. The summed E-state index contributed by atoms with van der Waals surface area (Å²) in [4.78, 5) is 12.3. The molecule has 0 aliphatic rings. The maximum atomic E-state index is 12.3. The number of aryl methyl sites for hydroxylation is 2. The monoisotopic (exact) mass is 347 g/mol. The van der Waals surface area contributed by atoms with Gasteiger partial charge in [0.1, 0.15) is 5.75 Å². The third-order valence-electron chi connectivity index (χ3n) is 3.24. The number of hydrogen-bond acceptors (Lipinski definition) is 2. The largest absolute Gasteiger partial charge is 0.480 e. The minimum atomic E-state index is -0.581. The Hall–Kier alpha value is -1.81. The molecule has 1 amide bonds. The Morgan fingerprint density at radius 3 is 2.33 bits per heavy atom. The molecule has 0 saturated heterocycles. The molecule has 110 valence electrons. The Bertz CT molecular complexity index is 635. The van der Waals surface area contributed by atoms with E-state index in [2.05, 4.69) is 21.2 Å². The van der Waals surface area contributed by atoms with Gasteiger partial charge < -0.3 is 10.1 Å². The number of carbonyl (C=O) groups is 1. The van der Waals surface area contributed by atoms with Gasteiger partial charge in [-0.25, -0.2) is 0 Å². The van der Waals surface area contributed by atoms with Gasteiger partial charge in [-0.3, -0.25) is 4.79 Å². The average molecular weight is 348 g/mol. The molecule has 0 aliphatic carbocycles. The first-order valence-electron chi connectivity index (χ1n) is 6.77. The van der Waals surface area contributed by atoms with E-state index in [9.17, 15) is 4.79 Å². The Balaban J connectivity index is 2.08. The second-order valence-electron chi connectivity index (χ2n) is 4.95. The smallest absolute Gasteiger partial charge is 0.265 e. The summed E-state index contributed by atoms with van der Waals surface area (Å²) >= 11 is 3.41. The van der Waals surface area contributed by atoms with Crippen LogP contribution < -0.4 is 10.1 Å². The number of amides is 1.